The van der Waals surface area contributed by atoms with Gasteiger partial charge in [0.25, 0.3) is 5.91 Å². The summed E-state index contributed by atoms with van der Waals surface area (Å²) in [6, 6.07) is 5.72. The van der Waals surface area contributed by atoms with Crippen LogP contribution in [0.5, 0.6) is 5.75 Å². The summed E-state index contributed by atoms with van der Waals surface area (Å²) >= 11 is 0. The lowest BCUT2D eigenvalue weighted by molar-refractivity contribution is -0.132. The average Bonchev–Trinajstić information content (AvgIpc) is 2.98. The fraction of sp³-hybridized carbons (Fsp3) is 0.500. The number of carbonyl (C=O) groups excluding carboxylic acids is 1. The van der Waals surface area contributed by atoms with E-state index in [4.69, 9.17) is 4.74 Å². The second-order valence-corrected chi connectivity index (χ2v) is 5.22. The molecule has 0 radical (unpaired) electrons. The molecule has 1 N–H and O–H groups in total. The number of amides is 1. The van der Waals surface area contributed by atoms with Crippen LogP contribution >= 0.6 is 0 Å². The molecule has 3 rings (SSSR count). The lowest BCUT2D eigenvalue weighted by Crippen LogP contribution is -2.35. The van der Waals surface area contributed by atoms with Crippen LogP contribution in [0.15, 0.2) is 24.3 Å². The predicted molar refractivity (Wildman–Crippen MR) is 68.3 cm³/mol. The van der Waals surface area contributed by atoms with Crippen LogP contribution < -0.4 is 10.1 Å². The summed E-state index contributed by atoms with van der Waals surface area (Å²) in [6.07, 6.45) is 0. The van der Waals surface area contributed by atoms with Gasteiger partial charge in [-0.2, -0.15) is 0 Å². The Hall–Kier alpha value is -1.62. The maximum Gasteiger partial charge on any atom is 0.260 e. The molecule has 1 aromatic carbocycles. The molecule has 5 heteroatoms. The SMILES string of the molecule is O=C(COc1ccc(F)cc1)N1C[C@H]2CNC[C@H]2C1. The highest BCUT2D eigenvalue weighted by Gasteiger charge is 2.37. The molecule has 2 heterocycles. The Labute approximate surface area is 111 Å². The number of benzene rings is 1. The zero-order chi connectivity index (χ0) is 13.2. The van der Waals surface area contributed by atoms with E-state index < -0.39 is 0 Å². The molecule has 2 aliphatic rings. The van der Waals surface area contributed by atoms with Crippen LogP contribution in [-0.4, -0.2) is 43.6 Å². The normalized spacial score (nSPS) is 25.4. The third-order valence-electron chi connectivity index (χ3n) is 3.92. The molecule has 2 fully saturated rings. The van der Waals surface area contributed by atoms with E-state index in [9.17, 15) is 9.18 Å². The molecule has 19 heavy (non-hydrogen) atoms. The van der Waals surface area contributed by atoms with E-state index in [-0.39, 0.29) is 18.3 Å². The van der Waals surface area contributed by atoms with Crippen molar-refractivity contribution < 1.29 is 13.9 Å². The van der Waals surface area contributed by atoms with Crippen molar-refractivity contribution >= 4 is 5.91 Å². The van der Waals surface area contributed by atoms with E-state index in [1.165, 1.54) is 24.3 Å². The van der Waals surface area contributed by atoms with Crippen LogP contribution in [0.3, 0.4) is 0 Å². The highest BCUT2D eigenvalue weighted by atomic mass is 19.1. The molecule has 1 aromatic rings. The molecule has 1 amide bonds. The first-order chi connectivity index (χ1) is 9.22. The second-order valence-electron chi connectivity index (χ2n) is 5.22. The van der Waals surface area contributed by atoms with Gasteiger partial charge in [-0.3, -0.25) is 4.79 Å². The molecular weight excluding hydrogens is 247 g/mol. The Morgan fingerprint density at radius 2 is 1.89 bits per heavy atom. The number of rotatable bonds is 3. The minimum Gasteiger partial charge on any atom is -0.484 e. The van der Waals surface area contributed by atoms with E-state index in [1.807, 2.05) is 4.90 Å². The van der Waals surface area contributed by atoms with Crippen molar-refractivity contribution in [3.63, 3.8) is 0 Å². The van der Waals surface area contributed by atoms with Gasteiger partial charge < -0.3 is 15.0 Å². The summed E-state index contributed by atoms with van der Waals surface area (Å²) in [5.41, 5.74) is 0. The molecule has 102 valence electrons. The van der Waals surface area contributed by atoms with Gasteiger partial charge >= 0.3 is 0 Å². The van der Waals surface area contributed by atoms with Gasteiger partial charge in [0.15, 0.2) is 6.61 Å². The van der Waals surface area contributed by atoms with Crippen LogP contribution in [-0.2, 0) is 4.79 Å². The lowest BCUT2D eigenvalue weighted by atomic mass is 10.0. The first-order valence-electron chi connectivity index (χ1n) is 6.59. The molecule has 0 spiro atoms. The smallest absolute Gasteiger partial charge is 0.260 e. The number of carbonyl (C=O) groups is 1. The van der Waals surface area contributed by atoms with E-state index in [2.05, 4.69) is 5.32 Å². The summed E-state index contributed by atoms with van der Waals surface area (Å²) < 4.78 is 18.1. The molecule has 2 aliphatic heterocycles. The van der Waals surface area contributed by atoms with E-state index in [0.29, 0.717) is 17.6 Å². The van der Waals surface area contributed by atoms with Gasteiger partial charge in [-0.1, -0.05) is 0 Å². The first kappa shape index (κ1) is 12.4. The molecule has 4 nitrogen and oxygen atoms in total. The molecule has 0 saturated carbocycles. The third-order valence-corrected chi connectivity index (χ3v) is 3.92. The van der Waals surface area contributed by atoms with Gasteiger partial charge in [0.1, 0.15) is 11.6 Å². The summed E-state index contributed by atoms with van der Waals surface area (Å²) in [6.45, 7) is 3.69. The molecular formula is C14H17FN2O2. The van der Waals surface area contributed by atoms with Gasteiger partial charge in [-0.25, -0.2) is 4.39 Å². The van der Waals surface area contributed by atoms with Crippen LogP contribution in [0.1, 0.15) is 0 Å². The van der Waals surface area contributed by atoms with Crippen molar-refractivity contribution in [2.75, 3.05) is 32.8 Å². The van der Waals surface area contributed by atoms with Crippen molar-refractivity contribution in [3.8, 4) is 5.75 Å². The minimum atomic E-state index is -0.307. The minimum absolute atomic E-state index is 0.0127. The van der Waals surface area contributed by atoms with Crippen LogP contribution in [0, 0.1) is 17.7 Å². The number of fused-ring (bicyclic) bond motifs is 1. The number of nitrogens with zero attached hydrogens (tertiary/aromatic N) is 1. The molecule has 2 atom stereocenters. The Kier molecular flexibility index (Phi) is 3.38. The van der Waals surface area contributed by atoms with E-state index in [0.717, 1.165) is 26.2 Å². The molecule has 2 saturated heterocycles. The fourth-order valence-electron chi connectivity index (χ4n) is 2.83. The zero-order valence-electron chi connectivity index (χ0n) is 10.6. The van der Waals surface area contributed by atoms with Crippen molar-refractivity contribution in [2.45, 2.75) is 0 Å². The topological polar surface area (TPSA) is 41.6 Å². The maximum absolute atomic E-state index is 12.7. The van der Waals surface area contributed by atoms with Crippen molar-refractivity contribution in [2.24, 2.45) is 11.8 Å². The summed E-state index contributed by atoms with van der Waals surface area (Å²) in [5.74, 6) is 1.41. The van der Waals surface area contributed by atoms with E-state index >= 15 is 0 Å². The highest BCUT2D eigenvalue weighted by molar-refractivity contribution is 5.78. The van der Waals surface area contributed by atoms with Crippen molar-refractivity contribution in [1.82, 2.24) is 10.2 Å². The molecule has 0 bridgehead atoms. The Balaban J connectivity index is 1.50. The molecule has 0 aromatic heterocycles. The lowest BCUT2D eigenvalue weighted by Gasteiger charge is -2.17. The quantitative estimate of drug-likeness (QED) is 0.881. The molecule has 0 unspecified atom stereocenters. The monoisotopic (exact) mass is 264 g/mol. The fourth-order valence-corrected chi connectivity index (χ4v) is 2.83. The van der Waals surface area contributed by atoms with E-state index in [1.54, 1.807) is 0 Å². The average molecular weight is 264 g/mol. The second kappa shape index (κ2) is 5.17. The van der Waals surface area contributed by atoms with Gasteiger partial charge in [-0.05, 0) is 36.1 Å². The van der Waals surface area contributed by atoms with Crippen LogP contribution in [0.2, 0.25) is 0 Å². The number of hydrogen-bond donors (Lipinski definition) is 1. The Bertz CT molecular complexity index is 451. The van der Waals surface area contributed by atoms with Gasteiger partial charge in [0.2, 0.25) is 0 Å². The number of nitrogens with one attached hydrogen (secondary N) is 1. The predicted octanol–water partition coefficient (Wildman–Crippen LogP) is 0.882. The van der Waals surface area contributed by atoms with Crippen molar-refractivity contribution in [3.05, 3.63) is 30.1 Å². The number of likely N-dealkylation sites (tertiary alicyclic amines) is 1. The first-order valence-corrected chi connectivity index (χ1v) is 6.59. The standard InChI is InChI=1S/C14H17FN2O2/c15-12-1-3-13(4-2-12)19-9-14(18)17-7-10-5-16-6-11(10)8-17/h1-4,10-11,16H,5-9H2/t10-,11+. The highest BCUT2D eigenvalue weighted by Crippen LogP contribution is 2.26. The zero-order valence-corrected chi connectivity index (χ0v) is 10.6. The summed E-state index contributed by atoms with van der Waals surface area (Å²) in [5, 5.41) is 3.34. The van der Waals surface area contributed by atoms with Crippen LogP contribution in [0.25, 0.3) is 0 Å². The van der Waals surface area contributed by atoms with Gasteiger partial charge in [0, 0.05) is 26.2 Å². The summed E-state index contributed by atoms with van der Waals surface area (Å²) in [4.78, 5) is 13.9. The Morgan fingerprint density at radius 1 is 1.26 bits per heavy atom. The van der Waals surface area contributed by atoms with Gasteiger partial charge in [0.05, 0.1) is 0 Å². The van der Waals surface area contributed by atoms with Crippen LogP contribution in [0.4, 0.5) is 4.39 Å². The number of ether oxygens (including phenoxy) is 1. The van der Waals surface area contributed by atoms with Gasteiger partial charge in [-0.15, -0.1) is 0 Å². The number of hydrogen-bond acceptors (Lipinski definition) is 3. The Morgan fingerprint density at radius 3 is 2.53 bits per heavy atom. The summed E-state index contributed by atoms with van der Waals surface area (Å²) in [7, 11) is 0. The third kappa shape index (κ3) is 2.71. The largest absolute Gasteiger partial charge is 0.484 e. The molecule has 0 aliphatic carbocycles. The number of halogens is 1. The van der Waals surface area contributed by atoms with Crippen molar-refractivity contribution in [1.29, 1.82) is 0 Å². The maximum atomic E-state index is 12.7.